The minimum atomic E-state index is -3.52. The summed E-state index contributed by atoms with van der Waals surface area (Å²) in [4.78, 5) is 1.11. The summed E-state index contributed by atoms with van der Waals surface area (Å²) < 4.78 is 26.9. The number of aryl methyl sites for hydroxylation is 2. The van der Waals surface area contributed by atoms with Crippen LogP contribution in [-0.4, -0.2) is 20.1 Å². The van der Waals surface area contributed by atoms with Gasteiger partial charge in [0.25, 0.3) is 0 Å². The first-order valence-corrected chi connectivity index (χ1v) is 9.05. The van der Waals surface area contributed by atoms with Gasteiger partial charge in [-0.05, 0) is 55.0 Å². The molecule has 6 heteroatoms. The highest BCUT2D eigenvalue weighted by molar-refractivity contribution is 7.89. The molecule has 2 aromatic rings. The van der Waals surface area contributed by atoms with Gasteiger partial charge in [-0.25, -0.2) is 13.1 Å². The lowest BCUT2D eigenvalue weighted by Gasteiger charge is -2.11. The van der Waals surface area contributed by atoms with E-state index in [2.05, 4.69) is 4.72 Å². The zero-order valence-electron chi connectivity index (χ0n) is 12.0. The van der Waals surface area contributed by atoms with E-state index in [1.807, 2.05) is 31.4 Å². The van der Waals surface area contributed by atoms with Crippen LogP contribution in [-0.2, 0) is 10.0 Å². The van der Waals surface area contributed by atoms with Gasteiger partial charge in [0.05, 0.1) is 11.0 Å². The molecule has 0 aliphatic carbocycles. The summed E-state index contributed by atoms with van der Waals surface area (Å²) in [5.74, 6) is 0. The maximum atomic E-state index is 12.2. The molecule has 0 aliphatic heterocycles. The molecule has 1 unspecified atom stereocenters. The smallest absolute Gasteiger partial charge is 0.240 e. The van der Waals surface area contributed by atoms with E-state index in [9.17, 15) is 13.5 Å². The molecule has 0 aliphatic rings. The van der Waals surface area contributed by atoms with Crippen LogP contribution in [0.2, 0.25) is 0 Å². The number of aliphatic hydroxyl groups excluding tert-OH is 1. The van der Waals surface area contributed by atoms with Crippen molar-refractivity contribution < 1.29 is 13.5 Å². The number of hydrogen-bond acceptors (Lipinski definition) is 4. The monoisotopic (exact) mass is 325 g/mol. The van der Waals surface area contributed by atoms with Gasteiger partial charge >= 0.3 is 0 Å². The van der Waals surface area contributed by atoms with Gasteiger partial charge in [0.15, 0.2) is 0 Å². The molecule has 1 aromatic carbocycles. The Morgan fingerprint density at radius 2 is 2.00 bits per heavy atom. The average Bonchev–Trinajstić information content (AvgIpc) is 2.95. The largest absolute Gasteiger partial charge is 0.388 e. The van der Waals surface area contributed by atoms with Gasteiger partial charge in [-0.15, -0.1) is 11.3 Å². The predicted octanol–water partition coefficient (Wildman–Crippen LogP) is 2.77. The van der Waals surface area contributed by atoms with Crippen molar-refractivity contribution in [2.75, 3.05) is 6.54 Å². The third kappa shape index (κ3) is 4.14. The van der Waals surface area contributed by atoms with Crippen LogP contribution in [0, 0.1) is 13.8 Å². The van der Waals surface area contributed by atoms with Crippen LogP contribution in [0.3, 0.4) is 0 Å². The minimum Gasteiger partial charge on any atom is -0.388 e. The third-order valence-corrected chi connectivity index (χ3v) is 5.80. The molecule has 1 aromatic heterocycles. The Hall–Kier alpha value is -1.21. The number of rotatable bonds is 6. The number of sulfonamides is 1. The highest BCUT2D eigenvalue weighted by Crippen LogP contribution is 2.21. The van der Waals surface area contributed by atoms with Gasteiger partial charge in [-0.2, -0.15) is 0 Å². The summed E-state index contributed by atoms with van der Waals surface area (Å²) in [5, 5.41) is 11.8. The van der Waals surface area contributed by atoms with Crippen molar-refractivity contribution in [1.29, 1.82) is 0 Å². The molecule has 0 fully saturated rings. The zero-order valence-corrected chi connectivity index (χ0v) is 13.7. The molecule has 21 heavy (non-hydrogen) atoms. The summed E-state index contributed by atoms with van der Waals surface area (Å²) >= 11 is 1.46. The first kappa shape index (κ1) is 16.2. The van der Waals surface area contributed by atoms with Gasteiger partial charge in [-0.3, -0.25) is 0 Å². The van der Waals surface area contributed by atoms with Gasteiger partial charge in [0, 0.05) is 11.4 Å². The Bertz CT molecular complexity index is 694. The highest BCUT2D eigenvalue weighted by Gasteiger charge is 2.15. The molecule has 0 saturated carbocycles. The molecular formula is C15H19NO3S2. The number of thiophene rings is 1. The van der Waals surface area contributed by atoms with Crippen LogP contribution in [0.25, 0.3) is 0 Å². The summed E-state index contributed by atoms with van der Waals surface area (Å²) in [7, 11) is -3.52. The van der Waals surface area contributed by atoms with Crippen molar-refractivity contribution in [1.82, 2.24) is 4.72 Å². The number of hydrogen-bond donors (Lipinski definition) is 2. The van der Waals surface area contributed by atoms with E-state index in [-0.39, 0.29) is 11.4 Å². The van der Waals surface area contributed by atoms with E-state index < -0.39 is 16.1 Å². The van der Waals surface area contributed by atoms with Gasteiger partial charge < -0.3 is 5.11 Å². The normalized spacial score (nSPS) is 13.3. The van der Waals surface area contributed by atoms with Crippen LogP contribution >= 0.6 is 11.3 Å². The van der Waals surface area contributed by atoms with Crippen LogP contribution in [0.15, 0.2) is 40.6 Å². The standard InChI is InChI=1S/C15H19NO3S2/c1-11-5-6-13(10-12(11)2)21(18,19)16-8-7-14(17)15-4-3-9-20-15/h3-6,9-10,14,16-17H,7-8H2,1-2H3. The van der Waals surface area contributed by atoms with Gasteiger partial charge in [0.1, 0.15) is 0 Å². The lowest BCUT2D eigenvalue weighted by molar-refractivity contribution is 0.173. The molecule has 0 spiro atoms. The molecule has 0 saturated heterocycles. The molecule has 1 atom stereocenters. The third-order valence-electron chi connectivity index (χ3n) is 3.37. The second-order valence-electron chi connectivity index (χ2n) is 4.96. The fraction of sp³-hybridized carbons (Fsp3) is 0.333. The molecule has 0 radical (unpaired) electrons. The molecule has 2 rings (SSSR count). The number of benzene rings is 1. The Morgan fingerprint density at radius 1 is 1.24 bits per heavy atom. The van der Waals surface area contributed by atoms with Crippen molar-refractivity contribution in [2.45, 2.75) is 31.3 Å². The topological polar surface area (TPSA) is 66.4 Å². The molecular weight excluding hydrogens is 306 g/mol. The van der Waals surface area contributed by atoms with Crippen molar-refractivity contribution >= 4 is 21.4 Å². The van der Waals surface area contributed by atoms with Crippen LogP contribution in [0.5, 0.6) is 0 Å². The Kier molecular flexibility index (Phi) is 5.16. The van der Waals surface area contributed by atoms with E-state index >= 15 is 0 Å². The second-order valence-corrected chi connectivity index (χ2v) is 7.71. The summed E-state index contributed by atoms with van der Waals surface area (Å²) in [6, 6.07) is 8.76. The van der Waals surface area contributed by atoms with Crippen LogP contribution < -0.4 is 4.72 Å². The van der Waals surface area contributed by atoms with E-state index in [4.69, 9.17) is 0 Å². The molecule has 2 N–H and O–H groups in total. The van der Waals surface area contributed by atoms with Crippen LogP contribution in [0.4, 0.5) is 0 Å². The Morgan fingerprint density at radius 3 is 2.62 bits per heavy atom. The summed E-state index contributed by atoms with van der Waals surface area (Å²) in [6.07, 6.45) is -0.280. The van der Waals surface area contributed by atoms with E-state index in [0.29, 0.717) is 6.42 Å². The van der Waals surface area contributed by atoms with Crippen molar-refractivity contribution in [3.05, 3.63) is 51.7 Å². The second kappa shape index (κ2) is 6.70. The van der Waals surface area contributed by atoms with Crippen molar-refractivity contribution in [3.8, 4) is 0 Å². The fourth-order valence-electron chi connectivity index (χ4n) is 1.92. The molecule has 114 valence electrons. The lowest BCUT2D eigenvalue weighted by atomic mass is 10.1. The fourth-order valence-corrected chi connectivity index (χ4v) is 3.80. The summed E-state index contributed by atoms with van der Waals surface area (Å²) in [5.41, 5.74) is 2.00. The molecule has 1 heterocycles. The summed E-state index contributed by atoms with van der Waals surface area (Å²) in [6.45, 7) is 4.03. The van der Waals surface area contributed by atoms with Crippen molar-refractivity contribution in [3.63, 3.8) is 0 Å². The van der Waals surface area contributed by atoms with E-state index in [0.717, 1.165) is 16.0 Å². The Labute approximate surface area is 129 Å². The molecule has 0 amide bonds. The number of aliphatic hydroxyl groups is 1. The van der Waals surface area contributed by atoms with E-state index in [1.165, 1.54) is 11.3 Å². The quantitative estimate of drug-likeness (QED) is 0.858. The van der Waals surface area contributed by atoms with Crippen molar-refractivity contribution in [2.24, 2.45) is 0 Å². The first-order chi connectivity index (χ1) is 9.90. The van der Waals surface area contributed by atoms with Gasteiger partial charge in [0.2, 0.25) is 10.0 Å². The van der Waals surface area contributed by atoms with E-state index in [1.54, 1.807) is 18.2 Å². The zero-order chi connectivity index (χ0) is 15.5. The Balaban J connectivity index is 1.96. The number of nitrogens with one attached hydrogen (secondary N) is 1. The highest BCUT2D eigenvalue weighted by atomic mass is 32.2. The molecule has 4 nitrogen and oxygen atoms in total. The maximum Gasteiger partial charge on any atom is 0.240 e. The molecule has 0 bridgehead atoms. The average molecular weight is 325 g/mol. The first-order valence-electron chi connectivity index (χ1n) is 6.68. The van der Waals surface area contributed by atoms with Gasteiger partial charge in [-0.1, -0.05) is 12.1 Å². The van der Waals surface area contributed by atoms with Crippen LogP contribution in [0.1, 0.15) is 28.5 Å². The maximum absolute atomic E-state index is 12.2. The minimum absolute atomic E-state index is 0.203. The predicted molar refractivity (Wildman–Crippen MR) is 85.0 cm³/mol. The lowest BCUT2D eigenvalue weighted by Crippen LogP contribution is -2.26. The SMILES string of the molecule is Cc1ccc(S(=O)(=O)NCCC(O)c2cccs2)cc1C.